The molecule has 0 N–H and O–H groups in total. The van der Waals surface area contributed by atoms with Crippen molar-refractivity contribution in [3.63, 3.8) is 0 Å². The van der Waals surface area contributed by atoms with Gasteiger partial charge in [0.05, 0.1) is 16.1 Å². The van der Waals surface area contributed by atoms with Crippen molar-refractivity contribution in [1.29, 1.82) is 0 Å². The Labute approximate surface area is 107 Å². The molecule has 0 amide bonds. The van der Waals surface area contributed by atoms with Crippen molar-refractivity contribution in [3.05, 3.63) is 52.2 Å². The van der Waals surface area contributed by atoms with Gasteiger partial charge in [-0.1, -0.05) is 12.1 Å². The quantitative estimate of drug-likeness (QED) is 0.473. The first-order chi connectivity index (χ1) is 9.09. The molecule has 7 nitrogen and oxygen atoms in total. The van der Waals surface area contributed by atoms with Crippen molar-refractivity contribution in [1.82, 2.24) is 10.2 Å². The molecule has 96 valence electrons. The number of benzene rings is 1. The lowest BCUT2D eigenvalue weighted by atomic mass is 10.1. The van der Waals surface area contributed by atoms with E-state index < -0.39 is 4.92 Å². The van der Waals surface area contributed by atoms with Gasteiger partial charge in [-0.05, 0) is 19.1 Å². The second-order valence-electron chi connectivity index (χ2n) is 3.67. The minimum absolute atomic E-state index is 0.0330. The highest BCUT2D eigenvalue weighted by Crippen LogP contribution is 2.24. The fourth-order valence-electron chi connectivity index (χ4n) is 1.54. The highest BCUT2D eigenvalue weighted by atomic mass is 16.6. The number of carbonyl (C=O) groups excluding carboxylic acids is 1. The second-order valence-corrected chi connectivity index (χ2v) is 3.67. The Hall–Kier alpha value is -2.83. The smallest absolute Gasteiger partial charge is 0.276 e. The summed E-state index contributed by atoms with van der Waals surface area (Å²) < 4.78 is 4.95. The van der Waals surface area contributed by atoms with Crippen molar-refractivity contribution in [2.75, 3.05) is 0 Å². The normalized spacial score (nSPS) is 11.3. The molecule has 0 bridgehead atoms. The van der Waals surface area contributed by atoms with Crippen LogP contribution >= 0.6 is 0 Å². The fraction of sp³-hybridized carbons (Fsp3) is 0.0833. The van der Waals surface area contributed by atoms with Gasteiger partial charge in [0.1, 0.15) is 0 Å². The first kappa shape index (κ1) is 12.6. The largest absolute Gasteiger partial charge is 0.423 e. The molecule has 0 fully saturated rings. The number of ketones is 1. The molecule has 2 rings (SSSR count). The van der Waals surface area contributed by atoms with Gasteiger partial charge < -0.3 is 4.42 Å². The molecule has 0 saturated carbocycles. The van der Waals surface area contributed by atoms with Crippen LogP contribution in [0.15, 0.2) is 35.1 Å². The summed E-state index contributed by atoms with van der Waals surface area (Å²) in [6.07, 6.45) is 2.46. The van der Waals surface area contributed by atoms with E-state index in [1.54, 1.807) is 12.1 Å². The minimum atomic E-state index is -0.516. The van der Waals surface area contributed by atoms with Crippen LogP contribution in [0.4, 0.5) is 5.69 Å². The monoisotopic (exact) mass is 259 g/mol. The molecule has 7 heteroatoms. The number of allylic oxidation sites excluding steroid dienone is 1. The Bertz CT molecular complexity index is 647. The van der Waals surface area contributed by atoms with Gasteiger partial charge >= 0.3 is 0 Å². The molecule has 0 aliphatic carbocycles. The summed E-state index contributed by atoms with van der Waals surface area (Å²) in [5.74, 6) is -0.284. The van der Waals surface area contributed by atoms with Crippen LogP contribution in [0.5, 0.6) is 0 Å². The van der Waals surface area contributed by atoms with Crippen LogP contribution in [-0.4, -0.2) is 20.9 Å². The van der Waals surface area contributed by atoms with E-state index >= 15 is 0 Å². The Morgan fingerprint density at radius 2 is 2.16 bits per heavy atom. The number of nitro benzene ring substituents is 1. The number of Topliss-reactive ketones (excluding diaryl/α,β-unsaturated/α-hetero) is 1. The molecule has 0 atom stereocenters. The van der Waals surface area contributed by atoms with Gasteiger partial charge in [-0.3, -0.25) is 14.9 Å². The van der Waals surface area contributed by atoms with E-state index in [0.717, 1.165) is 6.39 Å². The lowest BCUT2D eigenvalue weighted by Crippen LogP contribution is -1.98. The summed E-state index contributed by atoms with van der Waals surface area (Å²) in [6, 6.07) is 6.09. The number of nitro groups is 1. The highest BCUT2D eigenvalue weighted by molar-refractivity contribution is 6.23. The summed E-state index contributed by atoms with van der Waals surface area (Å²) in [6.45, 7) is 1.32. The van der Waals surface area contributed by atoms with Crippen molar-refractivity contribution in [2.24, 2.45) is 0 Å². The van der Waals surface area contributed by atoms with Crippen LogP contribution in [0.2, 0.25) is 0 Å². The molecular formula is C12H9N3O4. The van der Waals surface area contributed by atoms with Crippen molar-refractivity contribution < 1.29 is 14.1 Å². The zero-order chi connectivity index (χ0) is 13.8. The van der Waals surface area contributed by atoms with Crippen LogP contribution in [0.3, 0.4) is 0 Å². The molecule has 0 radical (unpaired) electrons. The van der Waals surface area contributed by atoms with Crippen molar-refractivity contribution in [3.8, 4) is 0 Å². The zero-order valence-electron chi connectivity index (χ0n) is 9.94. The lowest BCUT2D eigenvalue weighted by molar-refractivity contribution is -0.385. The molecule has 1 aromatic carbocycles. The molecule has 2 aromatic rings. The van der Waals surface area contributed by atoms with E-state index in [1.807, 2.05) is 0 Å². The minimum Gasteiger partial charge on any atom is -0.423 e. The Kier molecular flexibility index (Phi) is 3.46. The molecule has 19 heavy (non-hydrogen) atoms. The van der Waals surface area contributed by atoms with E-state index in [1.165, 1.54) is 25.1 Å². The number of rotatable bonds is 4. The first-order valence-electron chi connectivity index (χ1n) is 5.32. The van der Waals surface area contributed by atoms with E-state index in [4.69, 9.17) is 4.42 Å². The number of hydrogen-bond acceptors (Lipinski definition) is 6. The third-order valence-corrected chi connectivity index (χ3v) is 2.40. The number of nitrogens with zero attached hydrogens (tertiary/aromatic N) is 3. The maximum atomic E-state index is 11.6. The van der Waals surface area contributed by atoms with E-state index in [9.17, 15) is 14.9 Å². The summed E-state index contributed by atoms with van der Waals surface area (Å²) in [7, 11) is 0. The van der Waals surface area contributed by atoms with Gasteiger partial charge in [-0.2, -0.15) is 0 Å². The van der Waals surface area contributed by atoms with Gasteiger partial charge in [0.2, 0.25) is 6.39 Å². The van der Waals surface area contributed by atoms with Gasteiger partial charge in [0.25, 0.3) is 11.6 Å². The second kappa shape index (κ2) is 5.21. The molecule has 1 heterocycles. The Morgan fingerprint density at radius 3 is 2.74 bits per heavy atom. The fourth-order valence-corrected chi connectivity index (χ4v) is 1.54. The van der Waals surface area contributed by atoms with Crippen molar-refractivity contribution in [2.45, 2.75) is 6.92 Å². The number of hydrogen-bond donors (Lipinski definition) is 0. The SMILES string of the molecule is CC(=O)/C(=C/c1ccccc1[N+](=O)[O-])c1nnco1. The average molecular weight is 259 g/mol. The van der Waals surface area contributed by atoms with Crippen LogP contribution in [0.1, 0.15) is 18.4 Å². The van der Waals surface area contributed by atoms with Gasteiger partial charge in [-0.15, -0.1) is 10.2 Å². The molecule has 0 spiro atoms. The standard InChI is InChI=1S/C12H9N3O4/c1-8(16)10(12-14-13-7-19-12)6-9-4-2-3-5-11(9)15(17)18/h2-7H,1H3/b10-6-. The van der Waals surface area contributed by atoms with Crippen LogP contribution < -0.4 is 0 Å². The topological polar surface area (TPSA) is 99.1 Å². The Balaban J connectivity index is 2.55. The number of para-hydroxylation sites is 1. The summed E-state index contributed by atoms with van der Waals surface area (Å²) in [5.41, 5.74) is 0.337. The number of carbonyl (C=O) groups is 1. The predicted octanol–water partition coefficient (Wildman–Crippen LogP) is 2.11. The molecule has 1 aromatic heterocycles. The summed E-state index contributed by atoms with van der Waals surface area (Å²) in [4.78, 5) is 21.9. The molecular weight excluding hydrogens is 250 g/mol. The molecule has 0 aliphatic rings. The van der Waals surface area contributed by atoms with E-state index in [0.29, 0.717) is 5.56 Å². The summed E-state index contributed by atoms with van der Waals surface area (Å²) in [5, 5.41) is 18.0. The summed E-state index contributed by atoms with van der Waals surface area (Å²) >= 11 is 0. The van der Waals surface area contributed by atoms with E-state index in [2.05, 4.69) is 10.2 Å². The third kappa shape index (κ3) is 2.71. The average Bonchev–Trinajstić information content (AvgIpc) is 2.89. The third-order valence-electron chi connectivity index (χ3n) is 2.40. The molecule has 0 unspecified atom stereocenters. The van der Waals surface area contributed by atoms with Crippen LogP contribution in [0, 0.1) is 10.1 Å². The zero-order valence-corrected chi connectivity index (χ0v) is 9.94. The molecule has 0 aliphatic heterocycles. The highest BCUT2D eigenvalue weighted by Gasteiger charge is 2.16. The molecule has 0 saturated heterocycles. The van der Waals surface area contributed by atoms with Gasteiger partial charge in [0, 0.05) is 6.07 Å². The predicted molar refractivity (Wildman–Crippen MR) is 65.9 cm³/mol. The van der Waals surface area contributed by atoms with Crippen molar-refractivity contribution >= 4 is 23.1 Å². The maximum Gasteiger partial charge on any atom is 0.276 e. The van der Waals surface area contributed by atoms with Crippen LogP contribution in [0.25, 0.3) is 11.6 Å². The Morgan fingerprint density at radius 1 is 1.42 bits per heavy atom. The van der Waals surface area contributed by atoms with Crippen LogP contribution in [-0.2, 0) is 4.79 Å². The first-order valence-corrected chi connectivity index (χ1v) is 5.32. The van der Waals surface area contributed by atoms with Gasteiger partial charge in [0.15, 0.2) is 5.78 Å². The van der Waals surface area contributed by atoms with Gasteiger partial charge in [-0.25, -0.2) is 0 Å². The maximum absolute atomic E-state index is 11.6. The number of aromatic nitrogens is 2. The lowest BCUT2D eigenvalue weighted by Gasteiger charge is -2.00. The van der Waals surface area contributed by atoms with E-state index in [-0.39, 0.29) is 22.9 Å².